The highest BCUT2D eigenvalue weighted by atomic mass is 35.5. The fourth-order valence-electron chi connectivity index (χ4n) is 2.35. The Kier molecular flexibility index (Phi) is 4.37. The second kappa shape index (κ2) is 6.44. The number of nitrogens with zero attached hydrogens (tertiary/aromatic N) is 2. The van der Waals surface area contributed by atoms with Crippen LogP contribution in [-0.4, -0.2) is 16.7 Å². The topological polar surface area (TPSA) is 46.4 Å². The highest BCUT2D eigenvalue weighted by Crippen LogP contribution is 2.21. The quantitative estimate of drug-likeness (QED) is 0.559. The van der Waals surface area contributed by atoms with Crippen molar-refractivity contribution in [2.24, 2.45) is 12.1 Å². The van der Waals surface area contributed by atoms with E-state index in [2.05, 4.69) is 10.5 Å². The van der Waals surface area contributed by atoms with Crippen molar-refractivity contribution in [3.63, 3.8) is 0 Å². The summed E-state index contributed by atoms with van der Waals surface area (Å²) in [5.74, 6) is -0.275. The van der Waals surface area contributed by atoms with Gasteiger partial charge in [0, 0.05) is 34.7 Å². The molecule has 3 aromatic rings. The molecule has 0 atom stereocenters. The summed E-state index contributed by atoms with van der Waals surface area (Å²) >= 11 is 11.9. The van der Waals surface area contributed by atoms with Crippen molar-refractivity contribution in [1.82, 2.24) is 9.99 Å². The molecule has 0 aliphatic carbocycles. The summed E-state index contributed by atoms with van der Waals surface area (Å²) < 4.78 is 1.91. The third kappa shape index (κ3) is 3.23. The van der Waals surface area contributed by atoms with E-state index in [-0.39, 0.29) is 5.91 Å². The van der Waals surface area contributed by atoms with E-state index in [4.69, 9.17) is 23.2 Å². The molecule has 0 aliphatic heterocycles. The largest absolute Gasteiger partial charge is 0.350 e. The molecule has 1 heterocycles. The first-order valence-electron chi connectivity index (χ1n) is 6.89. The van der Waals surface area contributed by atoms with Gasteiger partial charge in [0.2, 0.25) is 0 Å². The van der Waals surface area contributed by atoms with Crippen LogP contribution in [0.25, 0.3) is 10.9 Å². The van der Waals surface area contributed by atoms with Crippen LogP contribution in [0.3, 0.4) is 0 Å². The van der Waals surface area contributed by atoms with Crippen LogP contribution < -0.4 is 5.43 Å². The van der Waals surface area contributed by atoms with Crippen LogP contribution in [0.15, 0.2) is 53.8 Å². The van der Waals surface area contributed by atoms with Crippen molar-refractivity contribution in [2.75, 3.05) is 0 Å². The zero-order valence-electron chi connectivity index (χ0n) is 12.3. The first-order chi connectivity index (χ1) is 11.1. The number of hydrazone groups is 1. The van der Waals surface area contributed by atoms with Gasteiger partial charge in [-0.3, -0.25) is 4.79 Å². The number of aromatic nitrogens is 1. The minimum absolute atomic E-state index is 0.275. The standard InChI is InChI=1S/C17H13Cl2N3O/c1-22-10-14(13-4-2-3-5-16(13)22)17(23)21-20-9-11-6-7-12(18)8-15(11)19/h2-10H,1H3,(H,21,23). The maximum absolute atomic E-state index is 12.3. The Morgan fingerprint density at radius 2 is 2.00 bits per heavy atom. The van der Waals surface area contributed by atoms with E-state index in [9.17, 15) is 4.79 Å². The van der Waals surface area contributed by atoms with Gasteiger partial charge in [0.25, 0.3) is 5.91 Å². The number of hydrogen-bond donors (Lipinski definition) is 1. The first kappa shape index (κ1) is 15.6. The van der Waals surface area contributed by atoms with Crippen molar-refractivity contribution in [2.45, 2.75) is 0 Å². The van der Waals surface area contributed by atoms with E-state index >= 15 is 0 Å². The number of para-hydroxylation sites is 1. The Hall–Kier alpha value is -2.30. The van der Waals surface area contributed by atoms with Gasteiger partial charge in [-0.05, 0) is 18.2 Å². The Bertz CT molecular complexity index is 915. The summed E-state index contributed by atoms with van der Waals surface area (Å²) in [5, 5.41) is 5.87. The van der Waals surface area contributed by atoms with Gasteiger partial charge in [0.05, 0.1) is 16.8 Å². The minimum atomic E-state index is -0.275. The van der Waals surface area contributed by atoms with Crippen LogP contribution in [0.2, 0.25) is 10.0 Å². The van der Waals surface area contributed by atoms with Gasteiger partial charge in [-0.25, -0.2) is 5.43 Å². The predicted molar refractivity (Wildman–Crippen MR) is 94.4 cm³/mol. The Balaban J connectivity index is 1.80. The summed E-state index contributed by atoms with van der Waals surface area (Å²) in [6.07, 6.45) is 3.27. The lowest BCUT2D eigenvalue weighted by atomic mass is 10.2. The lowest BCUT2D eigenvalue weighted by molar-refractivity contribution is 0.0956. The number of amides is 1. The molecule has 1 aromatic heterocycles. The molecule has 2 aromatic carbocycles. The molecule has 0 fully saturated rings. The van der Waals surface area contributed by atoms with E-state index in [0.29, 0.717) is 21.2 Å². The van der Waals surface area contributed by atoms with E-state index < -0.39 is 0 Å². The van der Waals surface area contributed by atoms with E-state index in [1.54, 1.807) is 24.4 Å². The molecule has 23 heavy (non-hydrogen) atoms. The van der Waals surface area contributed by atoms with Crippen LogP contribution in [0.1, 0.15) is 15.9 Å². The molecule has 4 nitrogen and oxygen atoms in total. The summed E-state index contributed by atoms with van der Waals surface area (Å²) in [6, 6.07) is 12.8. The van der Waals surface area contributed by atoms with Crippen molar-refractivity contribution in [1.29, 1.82) is 0 Å². The number of fused-ring (bicyclic) bond motifs is 1. The third-order valence-corrected chi connectivity index (χ3v) is 4.04. The van der Waals surface area contributed by atoms with Crippen LogP contribution in [0, 0.1) is 0 Å². The number of halogens is 2. The highest BCUT2D eigenvalue weighted by Gasteiger charge is 2.12. The van der Waals surface area contributed by atoms with Crippen molar-refractivity contribution in [3.8, 4) is 0 Å². The molecule has 0 spiro atoms. The molecule has 0 saturated heterocycles. The number of carbonyl (C=O) groups is 1. The van der Waals surface area contributed by atoms with Gasteiger partial charge < -0.3 is 4.57 Å². The minimum Gasteiger partial charge on any atom is -0.350 e. The van der Waals surface area contributed by atoms with Gasteiger partial charge in [-0.2, -0.15) is 5.10 Å². The highest BCUT2D eigenvalue weighted by molar-refractivity contribution is 6.36. The Morgan fingerprint density at radius 1 is 1.22 bits per heavy atom. The van der Waals surface area contributed by atoms with Gasteiger partial charge >= 0.3 is 0 Å². The summed E-state index contributed by atoms with van der Waals surface area (Å²) in [7, 11) is 1.90. The predicted octanol–water partition coefficient (Wildman–Crippen LogP) is 4.25. The number of rotatable bonds is 3. The van der Waals surface area contributed by atoms with Crippen LogP contribution in [-0.2, 0) is 7.05 Å². The van der Waals surface area contributed by atoms with Crippen LogP contribution in [0.4, 0.5) is 0 Å². The second-order valence-electron chi connectivity index (χ2n) is 5.04. The third-order valence-electron chi connectivity index (χ3n) is 3.47. The number of carbonyl (C=O) groups excluding carboxylic acids is 1. The van der Waals surface area contributed by atoms with E-state index in [1.807, 2.05) is 35.9 Å². The van der Waals surface area contributed by atoms with Crippen molar-refractivity contribution < 1.29 is 4.79 Å². The average Bonchev–Trinajstić information content (AvgIpc) is 2.87. The Morgan fingerprint density at radius 3 is 2.78 bits per heavy atom. The number of hydrogen-bond acceptors (Lipinski definition) is 2. The molecule has 6 heteroatoms. The summed E-state index contributed by atoms with van der Waals surface area (Å²) in [5.41, 5.74) is 4.76. The zero-order valence-corrected chi connectivity index (χ0v) is 13.8. The number of nitrogens with one attached hydrogen (secondary N) is 1. The lowest BCUT2D eigenvalue weighted by Gasteiger charge is -2.00. The monoisotopic (exact) mass is 345 g/mol. The van der Waals surface area contributed by atoms with Crippen LogP contribution >= 0.6 is 23.2 Å². The molecule has 0 bridgehead atoms. The molecular weight excluding hydrogens is 333 g/mol. The van der Waals surface area contributed by atoms with Gasteiger partial charge in [-0.15, -0.1) is 0 Å². The maximum Gasteiger partial charge on any atom is 0.273 e. The zero-order chi connectivity index (χ0) is 16.4. The summed E-state index contributed by atoms with van der Waals surface area (Å²) in [6.45, 7) is 0. The van der Waals surface area contributed by atoms with Crippen molar-refractivity contribution >= 4 is 46.2 Å². The molecule has 0 unspecified atom stereocenters. The van der Waals surface area contributed by atoms with E-state index in [0.717, 1.165) is 10.9 Å². The fourth-order valence-corrected chi connectivity index (χ4v) is 2.81. The smallest absolute Gasteiger partial charge is 0.273 e. The number of aryl methyl sites for hydroxylation is 1. The van der Waals surface area contributed by atoms with Gasteiger partial charge in [0.1, 0.15) is 0 Å². The summed E-state index contributed by atoms with van der Waals surface area (Å²) in [4.78, 5) is 12.3. The molecule has 0 aliphatic rings. The molecule has 1 N–H and O–H groups in total. The SMILES string of the molecule is Cn1cc(C(=O)NN=Cc2ccc(Cl)cc2Cl)c2ccccc21. The molecule has 116 valence electrons. The molecule has 1 amide bonds. The molecular formula is C17H13Cl2N3O. The molecule has 3 rings (SSSR count). The molecule has 0 radical (unpaired) electrons. The first-order valence-corrected chi connectivity index (χ1v) is 7.64. The second-order valence-corrected chi connectivity index (χ2v) is 5.88. The average molecular weight is 346 g/mol. The van der Waals surface area contributed by atoms with Gasteiger partial charge in [0.15, 0.2) is 0 Å². The Labute approximate surface area is 143 Å². The molecule has 0 saturated carbocycles. The maximum atomic E-state index is 12.3. The fraction of sp³-hybridized carbons (Fsp3) is 0.0588. The van der Waals surface area contributed by atoms with Crippen molar-refractivity contribution in [3.05, 3.63) is 69.8 Å². The van der Waals surface area contributed by atoms with E-state index in [1.165, 1.54) is 6.21 Å². The van der Waals surface area contributed by atoms with Crippen LogP contribution in [0.5, 0.6) is 0 Å². The lowest BCUT2D eigenvalue weighted by Crippen LogP contribution is -2.17. The normalized spacial score (nSPS) is 11.3. The van der Waals surface area contributed by atoms with Gasteiger partial charge in [-0.1, -0.05) is 47.5 Å². The number of benzene rings is 2.